The van der Waals surface area contributed by atoms with E-state index in [9.17, 15) is 28.7 Å². The van der Waals surface area contributed by atoms with E-state index >= 15 is 0 Å². The van der Waals surface area contributed by atoms with Gasteiger partial charge in [0.15, 0.2) is 0 Å². The Bertz CT molecular complexity index is 566. The van der Waals surface area contributed by atoms with Crippen molar-refractivity contribution < 1.29 is 28.7 Å². The van der Waals surface area contributed by atoms with Crippen LogP contribution in [0.15, 0.2) is 0 Å². The molecule has 1 aromatic carbocycles. The molecule has 0 saturated heterocycles. The first-order chi connectivity index (χ1) is 10.0. The van der Waals surface area contributed by atoms with Crippen molar-refractivity contribution >= 4 is 25.8 Å². The molecule has 22 heavy (non-hydrogen) atoms. The van der Waals surface area contributed by atoms with Gasteiger partial charge < -0.3 is 19.6 Å². The average molecular weight is 350 g/mol. The zero-order valence-electron chi connectivity index (χ0n) is 13.3. The Balaban J connectivity index is 4.16. The molecule has 0 aliphatic heterocycles. The lowest BCUT2D eigenvalue weighted by atomic mass is 9.92. The maximum Gasteiger partial charge on any atom is 0.356 e. The third kappa shape index (κ3) is 3.53. The largest absolute Gasteiger partial charge is 0.356 e. The van der Waals surface area contributed by atoms with Crippen molar-refractivity contribution in [2.45, 2.75) is 53.4 Å². The summed E-state index contributed by atoms with van der Waals surface area (Å²) in [6, 6.07) is 0. The van der Waals surface area contributed by atoms with Gasteiger partial charge in [-0.2, -0.15) is 0 Å². The van der Waals surface area contributed by atoms with E-state index < -0.39 is 15.2 Å². The van der Waals surface area contributed by atoms with Gasteiger partial charge in [-0.05, 0) is 47.9 Å². The first-order valence-electron chi connectivity index (χ1n) is 7.36. The summed E-state index contributed by atoms with van der Waals surface area (Å²) < 4.78 is 24.0. The maximum absolute atomic E-state index is 12.0. The van der Waals surface area contributed by atoms with E-state index in [1.165, 1.54) is 0 Å². The van der Waals surface area contributed by atoms with Crippen molar-refractivity contribution in [1.82, 2.24) is 0 Å². The molecule has 1 rings (SSSR count). The minimum atomic E-state index is -4.53. The van der Waals surface area contributed by atoms with Gasteiger partial charge in [0.05, 0.1) is 10.6 Å². The van der Waals surface area contributed by atoms with Crippen LogP contribution in [0, 0.1) is 0 Å². The van der Waals surface area contributed by atoms with E-state index in [0.717, 1.165) is 0 Å². The second-order valence-electron chi connectivity index (χ2n) is 5.11. The molecule has 0 atom stereocenters. The van der Waals surface area contributed by atoms with Crippen molar-refractivity contribution in [2.24, 2.45) is 0 Å². The SMILES string of the molecule is CCc1c(CC)c(P(=O)(O)O)c(CC)c(CC)c1P(=O)(O)O. The van der Waals surface area contributed by atoms with E-state index in [0.29, 0.717) is 47.9 Å². The van der Waals surface area contributed by atoms with Crippen LogP contribution in [0.2, 0.25) is 0 Å². The molecule has 0 unspecified atom stereocenters. The quantitative estimate of drug-likeness (QED) is 0.579. The fourth-order valence-corrected chi connectivity index (χ4v) is 5.74. The summed E-state index contributed by atoms with van der Waals surface area (Å²) in [5.41, 5.74) is 1.51. The predicted molar refractivity (Wildman–Crippen MR) is 87.3 cm³/mol. The molecule has 126 valence electrons. The number of hydrogen-bond acceptors (Lipinski definition) is 2. The van der Waals surface area contributed by atoms with Gasteiger partial charge >= 0.3 is 15.2 Å². The third-order valence-corrected chi connectivity index (χ3v) is 6.11. The van der Waals surface area contributed by atoms with Gasteiger partial charge in [0.25, 0.3) is 0 Å². The van der Waals surface area contributed by atoms with Crippen LogP contribution in [0.4, 0.5) is 0 Å². The monoisotopic (exact) mass is 350 g/mol. The second kappa shape index (κ2) is 6.96. The topological polar surface area (TPSA) is 115 Å². The van der Waals surface area contributed by atoms with Crippen molar-refractivity contribution in [2.75, 3.05) is 0 Å². The van der Waals surface area contributed by atoms with Crippen molar-refractivity contribution in [3.05, 3.63) is 22.3 Å². The number of hydrogen-bond donors (Lipinski definition) is 4. The molecule has 0 bridgehead atoms. The summed E-state index contributed by atoms with van der Waals surface area (Å²) in [4.78, 5) is 39.1. The summed E-state index contributed by atoms with van der Waals surface area (Å²) in [7, 11) is -9.06. The van der Waals surface area contributed by atoms with Crippen LogP contribution in [0.3, 0.4) is 0 Å². The van der Waals surface area contributed by atoms with E-state index in [-0.39, 0.29) is 10.6 Å². The molecule has 0 aliphatic rings. The molecule has 0 spiro atoms. The summed E-state index contributed by atoms with van der Waals surface area (Å²) in [6.45, 7) is 6.95. The molecule has 0 saturated carbocycles. The first kappa shape index (κ1) is 19.6. The zero-order valence-corrected chi connectivity index (χ0v) is 15.1. The molecular formula is C14H24O6P2. The maximum atomic E-state index is 12.0. The molecule has 0 aromatic heterocycles. The van der Waals surface area contributed by atoms with Gasteiger partial charge in [-0.25, -0.2) is 0 Å². The van der Waals surface area contributed by atoms with Crippen LogP contribution in [-0.4, -0.2) is 19.6 Å². The lowest BCUT2D eigenvalue weighted by Gasteiger charge is -2.25. The Kier molecular flexibility index (Phi) is 6.19. The minimum absolute atomic E-state index is 0.0385. The predicted octanol–water partition coefficient (Wildman–Crippen LogP) is 1.54. The van der Waals surface area contributed by atoms with Crippen LogP contribution in [0.1, 0.15) is 49.9 Å². The third-order valence-electron chi connectivity index (χ3n) is 3.87. The van der Waals surface area contributed by atoms with Gasteiger partial charge in [0, 0.05) is 0 Å². The first-order valence-corrected chi connectivity index (χ1v) is 10.6. The summed E-state index contributed by atoms with van der Waals surface area (Å²) >= 11 is 0. The van der Waals surface area contributed by atoms with Crippen LogP contribution >= 0.6 is 15.2 Å². The van der Waals surface area contributed by atoms with Crippen molar-refractivity contribution in [1.29, 1.82) is 0 Å². The summed E-state index contributed by atoms with van der Waals surface area (Å²) in [5, 5.41) is -0.0770. The number of benzene rings is 1. The highest BCUT2D eigenvalue weighted by atomic mass is 31.2. The minimum Gasteiger partial charge on any atom is -0.321 e. The average Bonchev–Trinajstić information content (AvgIpc) is 2.41. The van der Waals surface area contributed by atoms with Gasteiger partial charge in [-0.3, -0.25) is 9.13 Å². The van der Waals surface area contributed by atoms with Crippen LogP contribution in [0.5, 0.6) is 0 Å². The normalized spacial score (nSPS) is 12.7. The van der Waals surface area contributed by atoms with Gasteiger partial charge in [-0.15, -0.1) is 0 Å². The van der Waals surface area contributed by atoms with Crippen LogP contribution in [-0.2, 0) is 34.8 Å². The van der Waals surface area contributed by atoms with E-state index in [1.807, 2.05) is 0 Å². The van der Waals surface area contributed by atoms with E-state index in [4.69, 9.17) is 0 Å². The highest BCUT2D eigenvalue weighted by Gasteiger charge is 2.35. The summed E-state index contributed by atoms with van der Waals surface area (Å²) in [6.07, 6.45) is 1.25. The summed E-state index contributed by atoms with van der Waals surface area (Å²) in [5.74, 6) is 0. The molecule has 8 heteroatoms. The molecule has 0 heterocycles. The van der Waals surface area contributed by atoms with Gasteiger partial charge in [-0.1, -0.05) is 27.7 Å². The zero-order chi connectivity index (χ0) is 17.3. The second-order valence-corrected chi connectivity index (χ2v) is 8.18. The molecule has 1 aromatic rings. The molecule has 0 aliphatic carbocycles. The standard InChI is InChI=1S/C14H24O6P2/c1-5-9-10(6-2)14(22(18,19)20)12(8-4)11(7-3)13(9)21(15,16)17/h5-8H2,1-4H3,(H2,15,16,17)(H2,18,19,20). The van der Waals surface area contributed by atoms with Gasteiger partial charge in [0.1, 0.15) is 0 Å². The molecule has 6 nitrogen and oxygen atoms in total. The lowest BCUT2D eigenvalue weighted by molar-refractivity contribution is 0.383. The van der Waals surface area contributed by atoms with Crippen molar-refractivity contribution in [3.63, 3.8) is 0 Å². The van der Waals surface area contributed by atoms with Crippen molar-refractivity contribution in [3.8, 4) is 0 Å². The Morgan fingerprint density at radius 1 is 0.591 bits per heavy atom. The fraction of sp³-hybridized carbons (Fsp3) is 0.571. The Morgan fingerprint density at radius 2 is 0.773 bits per heavy atom. The smallest absolute Gasteiger partial charge is 0.321 e. The molecule has 4 N–H and O–H groups in total. The number of rotatable bonds is 6. The highest BCUT2D eigenvalue weighted by Crippen LogP contribution is 2.43. The molecule has 0 radical (unpaired) electrons. The van der Waals surface area contributed by atoms with E-state index in [2.05, 4.69) is 0 Å². The molecule has 0 fully saturated rings. The van der Waals surface area contributed by atoms with Gasteiger partial charge in [0.2, 0.25) is 0 Å². The molecular weight excluding hydrogens is 326 g/mol. The highest BCUT2D eigenvalue weighted by molar-refractivity contribution is 7.61. The van der Waals surface area contributed by atoms with E-state index in [1.54, 1.807) is 27.7 Å². The Hall–Kier alpha value is -0.480. The Labute approximate surface area is 130 Å². The lowest BCUT2D eigenvalue weighted by Crippen LogP contribution is -2.30. The van der Waals surface area contributed by atoms with Crippen LogP contribution in [0.25, 0.3) is 0 Å². The fourth-order valence-electron chi connectivity index (χ4n) is 3.16. The molecule has 0 amide bonds. The Morgan fingerprint density at radius 3 is 0.864 bits per heavy atom. The van der Waals surface area contributed by atoms with Crippen LogP contribution < -0.4 is 10.6 Å².